The molecule has 2 rings (SSSR count). The fourth-order valence-corrected chi connectivity index (χ4v) is 2.74. The molecule has 0 radical (unpaired) electrons. The van der Waals surface area contributed by atoms with Gasteiger partial charge >= 0.3 is 6.18 Å². The summed E-state index contributed by atoms with van der Waals surface area (Å²) < 4.78 is 36.3. The van der Waals surface area contributed by atoms with Crippen molar-refractivity contribution in [2.75, 3.05) is 13.1 Å². The van der Waals surface area contributed by atoms with Crippen molar-refractivity contribution in [3.8, 4) is 0 Å². The Morgan fingerprint density at radius 3 is 2.70 bits per heavy atom. The summed E-state index contributed by atoms with van der Waals surface area (Å²) in [5.74, 6) is -0.324. The van der Waals surface area contributed by atoms with Gasteiger partial charge in [0, 0.05) is 30.5 Å². The van der Waals surface area contributed by atoms with Gasteiger partial charge in [-0.15, -0.1) is 0 Å². The van der Waals surface area contributed by atoms with E-state index in [0.717, 1.165) is 12.0 Å². The number of hydrogen-bond acceptors (Lipinski definition) is 1. The number of carbonyl (C=O) groups is 1. The standard InChI is InChI=1S/C14H15ClF3NO/c15-12-4-2-1-3-11(12)10-6-8-19(9-10)13(20)5-7-14(16,17)18/h1-4,10H,5-9H2. The Morgan fingerprint density at radius 2 is 2.05 bits per heavy atom. The van der Waals surface area contributed by atoms with Crippen molar-refractivity contribution in [2.24, 2.45) is 0 Å². The van der Waals surface area contributed by atoms with Gasteiger partial charge in [-0.05, 0) is 18.1 Å². The highest BCUT2D eigenvalue weighted by Gasteiger charge is 2.32. The summed E-state index contributed by atoms with van der Waals surface area (Å²) >= 11 is 6.10. The van der Waals surface area contributed by atoms with Crippen LogP contribution in [0.1, 0.15) is 30.7 Å². The Bertz CT molecular complexity index is 490. The maximum absolute atomic E-state index is 12.1. The van der Waals surface area contributed by atoms with Crippen LogP contribution in [0.4, 0.5) is 13.2 Å². The van der Waals surface area contributed by atoms with Gasteiger partial charge in [-0.3, -0.25) is 4.79 Å². The van der Waals surface area contributed by atoms with Crippen molar-refractivity contribution in [2.45, 2.75) is 31.4 Å². The number of rotatable bonds is 3. The number of carbonyl (C=O) groups excluding carboxylic acids is 1. The second kappa shape index (κ2) is 6.04. The van der Waals surface area contributed by atoms with Crippen LogP contribution in [0.3, 0.4) is 0 Å². The number of amides is 1. The molecule has 1 atom stereocenters. The van der Waals surface area contributed by atoms with Crippen LogP contribution in [0.15, 0.2) is 24.3 Å². The lowest BCUT2D eigenvalue weighted by atomic mass is 9.98. The molecule has 20 heavy (non-hydrogen) atoms. The molecule has 1 aromatic rings. The zero-order valence-electron chi connectivity index (χ0n) is 10.8. The Hall–Kier alpha value is -1.23. The molecule has 0 bridgehead atoms. The molecule has 1 amide bonds. The van der Waals surface area contributed by atoms with E-state index in [4.69, 9.17) is 11.6 Å². The Balaban J connectivity index is 1.92. The van der Waals surface area contributed by atoms with Crippen LogP contribution < -0.4 is 0 Å². The van der Waals surface area contributed by atoms with Crippen molar-refractivity contribution >= 4 is 17.5 Å². The molecule has 110 valence electrons. The van der Waals surface area contributed by atoms with E-state index < -0.39 is 24.9 Å². The second-order valence-corrected chi connectivity index (χ2v) is 5.37. The first-order valence-electron chi connectivity index (χ1n) is 6.46. The molecule has 1 heterocycles. The first kappa shape index (κ1) is 15.2. The zero-order valence-corrected chi connectivity index (χ0v) is 11.5. The first-order valence-corrected chi connectivity index (χ1v) is 6.83. The van der Waals surface area contributed by atoms with Crippen LogP contribution in [-0.4, -0.2) is 30.1 Å². The Morgan fingerprint density at radius 1 is 1.35 bits per heavy atom. The second-order valence-electron chi connectivity index (χ2n) is 4.96. The predicted octanol–water partition coefficient (Wildman–Crippen LogP) is 4.00. The highest BCUT2D eigenvalue weighted by molar-refractivity contribution is 6.31. The molecular weight excluding hydrogens is 291 g/mol. The molecule has 1 unspecified atom stereocenters. The number of nitrogens with zero attached hydrogens (tertiary/aromatic N) is 1. The molecular formula is C14H15ClF3NO. The molecule has 0 aromatic heterocycles. The third-order valence-corrected chi connectivity index (χ3v) is 3.85. The number of halogens is 4. The molecule has 0 N–H and O–H groups in total. The average molecular weight is 306 g/mol. The van der Waals surface area contributed by atoms with Crippen LogP contribution in [0.5, 0.6) is 0 Å². The molecule has 1 aliphatic rings. The maximum Gasteiger partial charge on any atom is 0.389 e. The summed E-state index contributed by atoms with van der Waals surface area (Å²) in [4.78, 5) is 13.2. The van der Waals surface area contributed by atoms with Crippen molar-refractivity contribution < 1.29 is 18.0 Å². The third kappa shape index (κ3) is 3.88. The number of hydrogen-bond donors (Lipinski definition) is 0. The third-order valence-electron chi connectivity index (χ3n) is 3.51. The minimum atomic E-state index is -4.28. The van der Waals surface area contributed by atoms with Gasteiger partial charge in [-0.1, -0.05) is 29.8 Å². The molecule has 0 aliphatic carbocycles. The molecule has 0 saturated carbocycles. The molecule has 6 heteroatoms. The first-order chi connectivity index (χ1) is 9.37. The number of benzene rings is 1. The van der Waals surface area contributed by atoms with Gasteiger partial charge in [0.1, 0.15) is 0 Å². The minimum absolute atomic E-state index is 0.110. The lowest BCUT2D eigenvalue weighted by Gasteiger charge is -2.17. The highest BCUT2D eigenvalue weighted by atomic mass is 35.5. The summed E-state index contributed by atoms with van der Waals surface area (Å²) in [6, 6.07) is 7.38. The van der Waals surface area contributed by atoms with Gasteiger partial charge in [0.2, 0.25) is 5.91 Å². The zero-order chi connectivity index (χ0) is 14.8. The lowest BCUT2D eigenvalue weighted by molar-refractivity contribution is -0.148. The van der Waals surface area contributed by atoms with Gasteiger partial charge in [-0.25, -0.2) is 0 Å². The van der Waals surface area contributed by atoms with E-state index in [9.17, 15) is 18.0 Å². The molecule has 1 fully saturated rings. The van der Waals surface area contributed by atoms with Gasteiger partial charge < -0.3 is 4.90 Å². The maximum atomic E-state index is 12.1. The molecule has 1 aromatic carbocycles. The topological polar surface area (TPSA) is 20.3 Å². The van der Waals surface area contributed by atoms with E-state index in [2.05, 4.69) is 0 Å². The molecule has 0 spiro atoms. The molecule has 1 aliphatic heterocycles. The Labute approximate surface area is 120 Å². The smallest absolute Gasteiger partial charge is 0.342 e. The van der Waals surface area contributed by atoms with E-state index in [1.807, 2.05) is 18.2 Å². The summed E-state index contributed by atoms with van der Waals surface area (Å²) in [6.07, 6.45) is -5.07. The van der Waals surface area contributed by atoms with Crippen LogP contribution >= 0.6 is 11.6 Å². The van der Waals surface area contributed by atoms with Gasteiger partial charge in [0.05, 0.1) is 6.42 Å². The fraction of sp³-hybridized carbons (Fsp3) is 0.500. The van der Waals surface area contributed by atoms with E-state index >= 15 is 0 Å². The Kier molecular flexibility index (Phi) is 4.58. The van der Waals surface area contributed by atoms with Crippen LogP contribution in [0.25, 0.3) is 0 Å². The minimum Gasteiger partial charge on any atom is -0.342 e. The van der Waals surface area contributed by atoms with Crippen molar-refractivity contribution in [1.29, 1.82) is 0 Å². The molecule has 1 saturated heterocycles. The SMILES string of the molecule is O=C(CCC(F)(F)F)N1CCC(c2ccccc2Cl)C1. The largest absolute Gasteiger partial charge is 0.389 e. The fourth-order valence-electron chi connectivity index (χ4n) is 2.45. The summed E-state index contributed by atoms with van der Waals surface area (Å²) in [6.45, 7) is 0.938. The number of alkyl halides is 3. The van der Waals surface area contributed by atoms with Crippen LogP contribution in [0.2, 0.25) is 5.02 Å². The average Bonchev–Trinajstić information content (AvgIpc) is 2.85. The van der Waals surface area contributed by atoms with Crippen molar-refractivity contribution in [1.82, 2.24) is 4.90 Å². The predicted molar refractivity (Wildman–Crippen MR) is 70.7 cm³/mol. The van der Waals surface area contributed by atoms with E-state index in [1.165, 1.54) is 4.90 Å². The van der Waals surface area contributed by atoms with Gasteiger partial charge in [0.25, 0.3) is 0 Å². The summed E-state index contributed by atoms with van der Waals surface area (Å²) in [5, 5.41) is 0.641. The monoisotopic (exact) mass is 305 g/mol. The van der Waals surface area contributed by atoms with Gasteiger partial charge in [0.15, 0.2) is 0 Å². The van der Waals surface area contributed by atoms with E-state index in [-0.39, 0.29) is 5.92 Å². The normalized spacial score (nSPS) is 19.4. The van der Waals surface area contributed by atoms with E-state index in [1.54, 1.807) is 6.07 Å². The lowest BCUT2D eigenvalue weighted by Crippen LogP contribution is -2.29. The number of likely N-dealkylation sites (tertiary alicyclic amines) is 1. The van der Waals surface area contributed by atoms with Crippen molar-refractivity contribution in [3.63, 3.8) is 0 Å². The van der Waals surface area contributed by atoms with Crippen LogP contribution in [0, 0.1) is 0 Å². The summed E-state index contributed by atoms with van der Waals surface area (Å²) in [5.41, 5.74) is 0.959. The molecule has 2 nitrogen and oxygen atoms in total. The van der Waals surface area contributed by atoms with Crippen LogP contribution in [-0.2, 0) is 4.79 Å². The quantitative estimate of drug-likeness (QED) is 0.826. The van der Waals surface area contributed by atoms with E-state index in [0.29, 0.717) is 18.1 Å². The van der Waals surface area contributed by atoms with Gasteiger partial charge in [-0.2, -0.15) is 13.2 Å². The van der Waals surface area contributed by atoms with Crippen molar-refractivity contribution in [3.05, 3.63) is 34.9 Å². The summed E-state index contributed by atoms with van der Waals surface area (Å²) in [7, 11) is 0. The highest BCUT2D eigenvalue weighted by Crippen LogP contribution is 2.32.